The van der Waals surface area contributed by atoms with Gasteiger partial charge in [-0.3, -0.25) is 0 Å². The average Bonchev–Trinajstić information content (AvgIpc) is 3.11. The molecule has 0 spiro atoms. The molecule has 0 aliphatic rings. The third kappa shape index (κ3) is 12.2. The third-order valence-electron chi connectivity index (χ3n) is 9.77. The molecule has 0 unspecified atom stereocenters. The fourth-order valence-corrected chi connectivity index (χ4v) is 8.17. The zero-order valence-electron chi connectivity index (χ0n) is 35.2. The first kappa shape index (κ1) is 47.0. The molecule has 0 aliphatic heterocycles. The standard InChI is InChI=1S/2C24H27ClN2O2.Fe/c2*1-23(2,3)14-24(4,5)16-7-9-18-15(12-16)6-10-21(29)22(18)27-26-19-13-17(25)8-11-20(19)28;/h2*6-13,28-29H,14H2,1-5H3;/q;;+3/p-4. The van der Waals surface area contributed by atoms with Crippen LogP contribution in [0.3, 0.4) is 0 Å². The van der Waals surface area contributed by atoms with Crippen molar-refractivity contribution >= 4 is 67.5 Å². The van der Waals surface area contributed by atoms with Crippen LogP contribution in [-0.2, 0) is 27.9 Å². The SMILES string of the molecule is CC(C)(C)CC(C)(C)c1ccc2c(N=Nc3cc(Cl)ccc3[O-])c([O-])ccc2c1.CC(C)(C)CC(C)(C)c1ccc2c(N=Nc3cc(Cl)ccc3[O-])c([O-])ccc2c1.[Fe+3]. The van der Waals surface area contributed by atoms with E-state index in [9.17, 15) is 20.4 Å². The van der Waals surface area contributed by atoms with Crippen molar-refractivity contribution in [2.24, 2.45) is 31.3 Å². The van der Waals surface area contributed by atoms with E-state index < -0.39 is 0 Å². The second-order valence-corrected chi connectivity index (χ2v) is 19.4. The van der Waals surface area contributed by atoms with Crippen molar-refractivity contribution in [1.82, 2.24) is 0 Å². The normalized spacial score (nSPS) is 12.5. The number of azo groups is 2. The summed E-state index contributed by atoms with van der Waals surface area (Å²) in [4.78, 5) is 0. The molecule has 11 heteroatoms. The largest absolute Gasteiger partial charge is 3.00 e. The number of rotatable bonds is 8. The predicted molar refractivity (Wildman–Crippen MR) is 231 cm³/mol. The first-order valence-corrected chi connectivity index (χ1v) is 19.9. The molecule has 59 heavy (non-hydrogen) atoms. The van der Waals surface area contributed by atoms with Crippen LogP contribution in [0.15, 0.2) is 118 Å². The topological polar surface area (TPSA) is 142 Å². The molecule has 0 saturated heterocycles. The zero-order valence-corrected chi connectivity index (χ0v) is 37.8. The van der Waals surface area contributed by atoms with Crippen molar-refractivity contribution in [3.8, 4) is 23.0 Å². The smallest absolute Gasteiger partial charge is 0.871 e. The van der Waals surface area contributed by atoms with Crippen LogP contribution in [0.4, 0.5) is 22.7 Å². The van der Waals surface area contributed by atoms with Gasteiger partial charge in [0, 0.05) is 20.8 Å². The van der Waals surface area contributed by atoms with Crippen LogP contribution in [-0.4, -0.2) is 0 Å². The molecule has 0 saturated carbocycles. The first-order valence-electron chi connectivity index (χ1n) is 19.2. The Balaban J connectivity index is 0.000000256. The number of halogens is 2. The second kappa shape index (κ2) is 18.3. The molecule has 6 rings (SSSR count). The number of hydrogen-bond donors (Lipinski definition) is 0. The molecular weight excluding hydrogens is 823 g/mol. The maximum absolute atomic E-state index is 12.4. The minimum Gasteiger partial charge on any atom is -0.871 e. The Hall–Kier alpha value is -4.66. The first-order chi connectivity index (χ1) is 26.9. The zero-order chi connectivity index (χ0) is 42.8. The van der Waals surface area contributed by atoms with Crippen LogP contribution in [0.2, 0.25) is 10.0 Å². The molecule has 309 valence electrons. The molecule has 0 aromatic heterocycles. The molecule has 8 nitrogen and oxygen atoms in total. The summed E-state index contributed by atoms with van der Waals surface area (Å²) in [6.07, 6.45) is 2.05. The van der Waals surface area contributed by atoms with Gasteiger partial charge in [0.1, 0.15) is 0 Å². The van der Waals surface area contributed by atoms with E-state index in [1.807, 2.05) is 36.4 Å². The summed E-state index contributed by atoms with van der Waals surface area (Å²) in [6, 6.07) is 27.3. The van der Waals surface area contributed by atoms with Crippen LogP contribution < -0.4 is 20.4 Å². The minimum atomic E-state index is -0.294. The van der Waals surface area contributed by atoms with Gasteiger partial charge in [0.25, 0.3) is 0 Å². The van der Waals surface area contributed by atoms with E-state index >= 15 is 0 Å². The minimum absolute atomic E-state index is 0. The Bertz CT molecular complexity index is 2350. The molecule has 0 aliphatic carbocycles. The molecule has 0 heterocycles. The Morgan fingerprint density at radius 2 is 0.763 bits per heavy atom. The summed E-state index contributed by atoms with van der Waals surface area (Å²) in [6.45, 7) is 22.3. The Kier molecular flexibility index (Phi) is 14.6. The van der Waals surface area contributed by atoms with E-state index in [1.165, 1.54) is 59.7 Å². The van der Waals surface area contributed by atoms with E-state index in [4.69, 9.17) is 23.2 Å². The average molecular weight is 874 g/mol. The molecule has 0 bridgehead atoms. The molecule has 6 aromatic rings. The van der Waals surface area contributed by atoms with Gasteiger partial charge in [-0.1, -0.05) is 188 Å². The van der Waals surface area contributed by atoms with E-state index in [2.05, 4.69) is 102 Å². The van der Waals surface area contributed by atoms with Gasteiger partial charge in [0.15, 0.2) is 0 Å². The van der Waals surface area contributed by atoms with Gasteiger partial charge >= 0.3 is 17.1 Å². The van der Waals surface area contributed by atoms with E-state index in [0.717, 1.165) is 23.6 Å². The summed E-state index contributed by atoms with van der Waals surface area (Å²) < 4.78 is 0. The van der Waals surface area contributed by atoms with Gasteiger partial charge in [-0.05, 0) is 80.7 Å². The molecule has 6 aromatic carbocycles. The van der Waals surface area contributed by atoms with Crippen LogP contribution in [0.25, 0.3) is 21.5 Å². The van der Waals surface area contributed by atoms with Gasteiger partial charge in [0.2, 0.25) is 0 Å². The third-order valence-corrected chi connectivity index (χ3v) is 10.2. The van der Waals surface area contributed by atoms with Gasteiger partial charge in [-0.2, -0.15) is 20.5 Å². The number of hydrogen-bond acceptors (Lipinski definition) is 8. The van der Waals surface area contributed by atoms with Crippen molar-refractivity contribution < 1.29 is 37.5 Å². The van der Waals surface area contributed by atoms with Crippen molar-refractivity contribution in [1.29, 1.82) is 0 Å². The predicted octanol–water partition coefficient (Wildman–Crippen LogP) is 13.5. The number of benzene rings is 6. The van der Waals surface area contributed by atoms with Crippen molar-refractivity contribution in [2.75, 3.05) is 0 Å². The number of fused-ring (bicyclic) bond motifs is 2. The van der Waals surface area contributed by atoms with Crippen LogP contribution in [0, 0.1) is 10.8 Å². The molecule has 0 atom stereocenters. The van der Waals surface area contributed by atoms with Crippen LogP contribution >= 0.6 is 23.2 Å². The molecule has 0 amide bonds. The Labute approximate surface area is 368 Å². The fraction of sp³-hybridized carbons (Fsp3) is 0.333. The van der Waals surface area contributed by atoms with E-state index in [0.29, 0.717) is 20.8 Å². The van der Waals surface area contributed by atoms with E-state index in [1.54, 1.807) is 0 Å². The molecule has 0 fully saturated rings. The second-order valence-electron chi connectivity index (χ2n) is 18.6. The van der Waals surface area contributed by atoms with Gasteiger partial charge < -0.3 is 20.4 Å². The summed E-state index contributed by atoms with van der Waals surface area (Å²) >= 11 is 11.9. The summed E-state index contributed by atoms with van der Waals surface area (Å²) in [7, 11) is 0. The van der Waals surface area contributed by atoms with Gasteiger partial charge in [-0.25, -0.2) is 0 Å². The molecule has 0 N–H and O–H groups in total. The Morgan fingerprint density at radius 3 is 1.10 bits per heavy atom. The van der Waals surface area contributed by atoms with Crippen molar-refractivity contribution in [3.63, 3.8) is 0 Å². The Morgan fingerprint density at radius 1 is 0.424 bits per heavy atom. The number of nitrogens with zero attached hydrogens (tertiary/aromatic N) is 4. The van der Waals surface area contributed by atoms with Gasteiger partial charge in [0.05, 0.1) is 22.7 Å². The maximum atomic E-state index is 12.4. The summed E-state index contributed by atoms with van der Waals surface area (Å²) in [5, 5.41) is 68.9. The fourth-order valence-electron chi connectivity index (χ4n) is 7.84. The summed E-state index contributed by atoms with van der Waals surface area (Å²) in [5.74, 6) is -1.07. The monoisotopic (exact) mass is 872 g/mol. The van der Waals surface area contributed by atoms with Crippen molar-refractivity contribution in [2.45, 2.75) is 92.9 Å². The molecule has 1 radical (unpaired) electrons. The van der Waals surface area contributed by atoms with E-state index in [-0.39, 0.29) is 84.5 Å². The van der Waals surface area contributed by atoms with Crippen LogP contribution in [0.5, 0.6) is 23.0 Å². The van der Waals surface area contributed by atoms with Crippen LogP contribution in [0.1, 0.15) is 93.2 Å². The quantitative estimate of drug-likeness (QED) is 0.111. The van der Waals surface area contributed by atoms with Gasteiger partial charge in [-0.15, -0.1) is 0 Å². The maximum Gasteiger partial charge on any atom is 3.00 e. The molecular formula is C48H50Cl2FeN4O4-. The van der Waals surface area contributed by atoms with Crippen molar-refractivity contribution in [3.05, 3.63) is 118 Å². The summed E-state index contributed by atoms with van der Waals surface area (Å²) in [5.41, 5.74) is 3.45.